The molecule has 2 heterocycles. The van der Waals surface area contributed by atoms with E-state index in [0.29, 0.717) is 16.8 Å². The molecule has 2 aromatic carbocycles. The van der Waals surface area contributed by atoms with Crippen LogP contribution in [0.4, 0.5) is 11.4 Å². The number of rotatable bonds is 7. The van der Waals surface area contributed by atoms with Crippen molar-refractivity contribution >= 4 is 11.4 Å². The van der Waals surface area contributed by atoms with Crippen molar-refractivity contribution in [2.45, 2.75) is 19.8 Å². The van der Waals surface area contributed by atoms with E-state index in [-0.39, 0.29) is 41.2 Å². The monoisotopic (exact) mass is 478 g/mol. The maximum Gasteiger partial charge on any atom is 0.318 e. The smallest absolute Gasteiger partial charge is 0.318 e. The van der Waals surface area contributed by atoms with Crippen LogP contribution in [0.5, 0.6) is 23.1 Å². The number of benzene rings is 2. The fourth-order valence-corrected chi connectivity index (χ4v) is 3.76. The number of nitrogens with one attached hydrogen (secondary N) is 1. The van der Waals surface area contributed by atoms with Gasteiger partial charge in [0.05, 0.1) is 28.4 Å². The highest BCUT2D eigenvalue weighted by atomic mass is 16.6. The van der Waals surface area contributed by atoms with Crippen molar-refractivity contribution in [2.24, 2.45) is 5.73 Å². The third-order valence-electron chi connectivity index (χ3n) is 5.30. The second-order valence-electron chi connectivity index (χ2n) is 7.40. The Balaban J connectivity index is 1.79. The summed E-state index contributed by atoms with van der Waals surface area (Å²) >= 11 is 0. The molecule has 4 rings (SSSR count). The van der Waals surface area contributed by atoms with Crippen LogP contribution < -0.4 is 19.9 Å². The van der Waals surface area contributed by atoms with E-state index in [0.717, 1.165) is 18.2 Å². The van der Waals surface area contributed by atoms with Crippen molar-refractivity contribution in [3.05, 3.63) is 84.9 Å². The molecule has 0 amide bonds. The number of fused-ring (bicyclic) bond motifs is 1. The van der Waals surface area contributed by atoms with Crippen LogP contribution in [-0.2, 0) is 0 Å². The Kier molecular flexibility index (Phi) is 5.94. The van der Waals surface area contributed by atoms with E-state index >= 15 is 0 Å². The van der Waals surface area contributed by atoms with Crippen molar-refractivity contribution in [2.75, 3.05) is 6.61 Å². The van der Waals surface area contributed by atoms with Gasteiger partial charge in [-0.25, -0.2) is 0 Å². The molecule has 13 heteroatoms. The summed E-state index contributed by atoms with van der Waals surface area (Å²) < 4.78 is 16.9. The number of ether oxygens (including phenoxy) is 3. The van der Waals surface area contributed by atoms with Crippen LogP contribution in [0.1, 0.15) is 29.7 Å². The molecular weight excluding hydrogens is 460 g/mol. The van der Waals surface area contributed by atoms with Gasteiger partial charge in [0.25, 0.3) is 5.69 Å². The van der Waals surface area contributed by atoms with Gasteiger partial charge in [0.15, 0.2) is 11.5 Å². The van der Waals surface area contributed by atoms with E-state index < -0.39 is 27.1 Å². The summed E-state index contributed by atoms with van der Waals surface area (Å²) in [5.41, 5.74) is 7.07. The van der Waals surface area contributed by atoms with Crippen LogP contribution in [-0.4, -0.2) is 26.7 Å². The van der Waals surface area contributed by atoms with Crippen molar-refractivity contribution in [3.63, 3.8) is 0 Å². The fraction of sp³-hybridized carbons (Fsp3) is 0.182. The Morgan fingerprint density at radius 1 is 1.17 bits per heavy atom. The lowest BCUT2D eigenvalue weighted by molar-refractivity contribution is -0.394. The minimum Gasteiger partial charge on any atom is -0.490 e. The van der Waals surface area contributed by atoms with Gasteiger partial charge in [0.1, 0.15) is 11.6 Å². The van der Waals surface area contributed by atoms with E-state index in [1.807, 2.05) is 0 Å². The lowest BCUT2D eigenvalue weighted by atomic mass is 9.84. The third kappa shape index (κ3) is 4.15. The topological polar surface area (TPSA) is 192 Å². The molecular formula is C22H18N6O7. The maximum atomic E-state index is 11.5. The zero-order valence-corrected chi connectivity index (χ0v) is 18.5. The molecule has 1 aliphatic heterocycles. The van der Waals surface area contributed by atoms with Crippen LogP contribution in [0, 0.1) is 38.5 Å². The summed E-state index contributed by atoms with van der Waals surface area (Å²) in [6, 6.07) is 9.98. The van der Waals surface area contributed by atoms with Crippen molar-refractivity contribution in [1.29, 1.82) is 5.26 Å². The van der Waals surface area contributed by atoms with Gasteiger partial charge in [-0.3, -0.25) is 25.3 Å². The van der Waals surface area contributed by atoms with Crippen molar-refractivity contribution in [3.8, 4) is 29.2 Å². The molecule has 0 spiro atoms. The van der Waals surface area contributed by atoms with E-state index in [2.05, 4.69) is 16.3 Å². The molecule has 1 atom stereocenters. The molecule has 178 valence electrons. The number of aromatic amines is 1. The highest BCUT2D eigenvalue weighted by Gasteiger charge is 2.35. The molecule has 35 heavy (non-hydrogen) atoms. The maximum absolute atomic E-state index is 11.5. The van der Waals surface area contributed by atoms with Crippen LogP contribution in [0.15, 0.2) is 47.9 Å². The predicted molar refractivity (Wildman–Crippen MR) is 120 cm³/mol. The number of aryl methyl sites for hydroxylation is 1. The number of nitriles is 1. The zero-order chi connectivity index (χ0) is 25.3. The Hall–Kier alpha value is -5.12. The molecule has 0 saturated heterocycles. The number of H-pyrrole nitrogens is 1. The third-order valence-corrected chi connectivity index (χ3v) is 5.30. The Labute approximate surface area is 197 Å². The molecule has 0 bridgehead atoms. The van der Waals surface area contributed by atoms with E-state index in [9.17, 15) is 25.5 Å². The van der Waals surface area contributed by atoms with Gasteiger partial charge in [-0.1, -0.05) is 6.07 Å². The summed E-state index contributed by atoms with van der Waals surface area (Å²) in [6.45, 7) is 3.78. The molecule has 1 aliphatic rings. The lowest BCUT2D eigenvalue weighted by Crippen LogP contribution is -2.21. The Morgan fingerprint density at radius 2 is 1.91 bits per heavy atom. The van der Waals surface area contributed by atoms with Gasteiger partial charge >= 0.3 is 5.69 Å². The lowest BCUT2D eigenvalue weighted by Gasteiger charge is -2.24. The normalized spacial score (nSPS) is 14.5. The van der Waals surface area contributed by atoms with Crippen LogP contribution >= 0.6 is 0 Å². The SMILES string of the molecule is CCOc1cc([C@H]2C(C#N)=C(N)Oc3n[nH]c(C)c32)ccc1Oc1ccc([N+](=O)[O-])cc1[N+](=O)[O-]. The number of nitro benzene ring substituents is 2. The van der Waals surface area contributed by atoms with Crippen LogP contribution in [0.2, 0.25) is 0 Å². The number of nitrogens with two attached hydrogens (primary N) is 1. The number of aromatic nitrogens is 2. The molecule has 3 aromatic rings. The van der Waals surface area contributed by atoms with Gasteiger partial charge in [0.2, 0.25) is 17.5 Å². The number of nitrogens with zero attached hydrogens (tertiary/aromatic N) is 4. The average molecular weight is 478 g/mol. The second-order valence-corrected chi connectivity index (χ2v) is 7.40. The number of non-ortho nitro benzene ring substituents is 1. The van der Waals surface area contributed by atoms with Gasteiger partial charge in [-0.05, 0) is 37.6 Å². The average Bonchev–Trinajstić information content (AvgIpc) is 3.19. The quantitative estimate of drug-likeness (QED) is 0.371. The Bertz CT molecular complexity index is 1420. The predicted octanol–water partition coefficient (Wildman–Crippen LogP) is 3.94. The zero-order valence-electron chi connectivity index (χ0n) is 18.5. The van der Waals surface area contributed by atoms with Gasteiger partial charge in [0, 0.05) is 17.3 Å². The molecule has 0 saturated carbocycles. The molecule has 13 nitrogen and oxygen atoms in total. The molecule has 0 aliphatic carbocycles. The van der Waals surface area contributed by atoms with E-state index in [1.54, 1.807) is 26.0 Å². The first-order chi connectivity index (χ1) is 16.7. The number of hydrogen-bond donors (Lipinski definition) is 2. The molecule has 0 fully saturated rings. The standard InChI is InChI=1S/C22H18N6O7/c1-3-33-18-8-12(20-14(10-23)21(24)35-22-19(20)11(2)25-26-22)4-6-17(18)34-16-7-5-13(27(29)30)9-15(16)28(31)32/h4-9,20H,3,24H2,1-2H3,(H,25,26)/t20-/m0/s1. The highest BCUT2D eigenvalue weighted by Crippen LogP contribution is 2.45. The van der Waals surface area contributed by atoms with Crippen LogP contribution in [0.25, 0.3) is 0 Å². The summed E-state index contributed by atoms with van der Waals surface area (Å²) in [4.78, 5) is 21.0. The minimum absolute atomic E-state index is 0.0729. The number of allylic oxidation sites excluding steroid dienone is 1. The van der Waals surface area contributed by atoms with E-state index in [1.165, 1.54) is 6.07 Å². The molecule has 0 radical (unpaired) electrons. The van der Waals surface area contributed by atoms with Crippen molar-refractivity contribution in [1.82, 2.24) is 10.2 Å². The fourth-order valence-electron chi connectivity index (χ4n) is 3.76. The van der Waals surface area contributed by atoms with Crippen molar-refractivity contribution < 1.29 is 24.1 Å². The number of hydrogen-bond acceptors (Lipinski definition) is 10. The largest absolute Gasteiger partial charge is 0.490 e. The summed E-state index contributed by atoms with van der Waals surface area (Å²) in [5, 5.41) is 39.2. The Morgan fingerprint density at radius 3 is 2.57 bits per heavy atom. The first kappa shape index (κ1) is 23.1. The first-order valence-corrected chi connectivity index (χ1v) is 10.2. The van der Waals surface area contributed by atoms with Crippen LogP contribution in [0.3, 0.4) is 0 Å². The van der Waals surface area contributed by atoms with Gasteiger partial charge in [-0.2, -0.15) is 5.26 Å². The summed E-state index contributed by atoms with van der Waals surface area (Å²) in [7, 11) is 0. The second kappa shape index (κ2) is 9.02. The summed E-state index contributed by atoms with van der Waals surface area (Å²) in [6.07, 6.45) is 0. The summed E-state index contributed by atoms with van der Waals surface area (Å²) in [5.74, 6) is -0.248. The first-order valence-electron chi connectivity index (χ1n) is 10.2. The number of nitro groups is 2. The van der Waals surface area contributed by atoms with Gasteiger partial charge in [-0.15, -0.1) is 5.10 Å². The minimum atomic E-state index is -0.769. The molecule has 0 unspecified atom stereocenters. The highest BCUT2D eigenvalue weighted by molar-refractivity contribution is 5.59. The molecule has 3 N–H and O–H groups in total. The van der Waals surface area contributed by atoms with Gasteiger partial charge < -0.3 is 19.9 Å². The molecule has 1 aromatic heterocycles. The van der Waals surface area contributed by atoms with E-state index in [4.69, 9.17) is 19.9 Å².